The van der Waals surface area contributed by atoms with Crippen molar-refractivity contribution in [1.82, 2.24) is 19.7 Å². The van der Waals surface area contributed by atoms with E-state index in [0.29, 0.717) is 24.5 Å². The SMILES string of the molecule is CCN(CC)C(=O)c1cc(-c2cccnc2)n(-c2ccc(F)cc2)n1. The Labute approximate surface area is 145 Å². The fourth-order valence-electron chi connectivity index (χ4n) is 2.66. The molecule has 1 aromatic carbocycles. The third-order valence-corrected chi connectivity index (χ3v) is 4.01. The molecule has 128 valence electrons. The Bertz CT molecular complexity index is 855. The molecule has 3 aromatic rings. The van der Waals surface area contributed by atoms with Crippen LogP contribution in [0.5, 0.6) is 0 Å². The van der Waals surface area contributed by atoms with Gasteiger partial charge in [0.25, 0.3) is 5.91 Å². The zero-order valence-corrected chi connectivity index (χ0v) is 14.2. The number of nitrogens with zero attached hydrogens (tertiary/aromatic N) is 4. The van der Waals surface area contributed by atoms with Crippen LogP contribution in [0.25, 0.3) is 16.9 Å². The Morgan fingerprint density at radius 2 is 1.88 bits per heavy atom. The number of carbonyl (C=O) groups is 1. The smallest absolute Gasteiger partial charge is 0.274 e. The van der Waals surface area contributed by atoms with Crippen LogP contribution in [-0.2, 0) is 0 Å². The Kier molecular flexibility index (Phi) is 4.88. The summed E-state index contributed by atoms with van der Waals surface area (Å²) in [6.07, 6.45) is 3.40. The molecule has 0 aliphatic rings. The van der Waals surface area contributed by atoms with Crippen molar-refractivity contribution in [1.29, 1.82) is 0 Å². The van der Waals surface area contributed by atoms with E-state index >= 15 is 0 Å². The van der Waals surface area contributed by atoms with E-state index < -0.39 is 0 Å². The summed E-state index contributed by atoms with van der Waals surface area (Å²) < 4.78 is 14.9. The molecule has 0 N–H and O–H groups in total. The van der Waals surface area contributed by atoms with Gasteiger partial charge in [-0.05, 0) is 56.3 Å². The molecule has 2 heterocycles. The monoisotopic (exact) mass is 338 g/mol. The van der Waals surface area contributed by atoms with Crippen molar-refractivity contribution in [3.8, 4) is 16.9 Å². The van der Waals surface area contributed by atoms with E-state index in [1.54, 1.807) is 40.2 Å². The molecule has 5 nitrogen and oxygen atoms in total. The highest BCUT2D eigenvalue weighted by Gasteiger charge is 2.20. The highest BCUT2D eigenvalue weighted by Crippen LogP contribution is 2.24. The molecule has 6 heteroatoms. The second kappa shape index (κ2) is 7.25. The van der Waals surface area contributed by atoms with Crippen molar-refractivity contribution in [2.24, 2.45) is 0 Å². The Morgan fingerprint density at radius 3 is 2.48 bits per heavy atom. The van der Waals surface area contributed by atoms with Crippen LogP contribution in [0.1, 0.15) is 24.3 Å². The van der Waals surface area contributed by atoms with Gasteiger partial charge in [0.1, 0.15) is 5.82 Å². The topological polar surface area (TPSA) is 51.0 Å². The first kappa shape index (κ1) is 16.8. The van der Waals surface area contributed by atoms with Gasteiger partial charge >= 0.3 is 0 Å². The van der Waals surface area contributed by atoms with E-state index in [-0.39, 0.29) is 11.7 Å². The summed E-state index contributed by atoms with van der Waals surface area (Å²) >= 11 is 0. The summed E-state index contributed by atoms with van der Waals surface area (Å²) in [5.41, 5.74) is 2.60. The van der Waals surface area contributed by atoms with Crippen LogP contribution in [0, 0.1) is 5.82 Å². The van der Waals surface area contributed by atoms with E-state index in [9.17, 15) is 9.18 Å². The quantitative estimate of drug-likeness (QED) is 0.715. The number of benzene rings is 1. The Hall–Kier alpha value is -3.02. The molecule has 0 atom stereocenters. The van der Waals surface area contributed by atoms with E-state index in [1.165, 1.54) is 12.1 Å². The second-order valence-corrected chi connectivity index (χ2v) is 5.52. The number of hydrogen-bond acceptors (Lipinski definition) is 3. The van der Waals surface area contributed by atoms with Crippen molar-refractivity contribution in [3.63, 3.8) is 0 Å². The molecule has 0 radical (unpaired) electrons. The van der Waals surface area contributed by atoms with Gasteiger partial charge in [0, 0.05) is 31.0 Å². The zero-order valence-electron chi connectivity index (χ0n) is 14.2. The molecule has 25 heavy (non-hydrogen) atoms. The third-order valence-electron chi connectivity index (χ3n) is 4.01. The lowest BCUT2D eigenvalue weighted by atomic mass is 10.2. The summed E-state index contributed by atoms with van der Waals surface area (Å²) in [5.74, 6) is -0.450. The maximum atomic E-state index is 13.3. The molecule has 2 aromatic heterocycles. The van der Waals surface area contributed by atoms with Gasteiger partial charge in [0.05, 0.1) is 11.4 Å². The summed E-state index contributed by atoms with van der Waals surface area (Å²) in [6, 6.07) is 11.5. The van der Waals surface area contributed by atoms with Gasteiger partial charge in [-0.25, -0.2) is 9.07 Å². The summed E-state index contributed by atoms with van der Waals surface area (Å²) in [6.45, 7) is 5.09. The first-order chi connectivity index (χ1) is 12.1. The predicted molar refractivity (Wildman–Crippen MR) is 94.0 cm³/mol. The second-order valence-electron chi connectivity index (χ2n) is 5.52. The Balaban J connectivity index is 2.12. The average molecular weight is 338 g/mol. The Morgan fingerprint density at radius 1 is 1.16 bits per heavy atom. The molecule has 0 aliphatic heterocycles. The molecular formula is C19H19FN4O. The van der Waals surface area contributed by atoms with Crippen molar-refractivity contribution < 1.29 is 9.18 Å². The number of carbonyl (C=O) groups excluding carboxylic acids is 1. The van der Waals surface area contributed by atoms with Crippen LogP contribution in [0.2, 0.25) is 0 Å². The summed E-state index contributed by atoms with van der Waals surface area (Å²) in [4.78, 5) is 18.5. The van der Waals surface area contributed by atoms with Gasteiger partial charge in [-0.1, -0.05) is 0 Å². The van der Waals surface area contributed by atoms with Crippen molar-refractivity contribution in [2.75, 3.05) is 13.1 Å². The first-order valence-electron chi connectivity index (χ1n) is 8.19. The molecule has 3 rings (SSSR count). The van der Waals surface area contributed by atoms with Crippen LogP contribution in [0.3, 0.4) is 0 Å². The van der Waals surface area contributed by atoms with Crippen LogP contribution < -0.4 is 0 Å². The van der Waals surface area contributed by atoms with Crippen LogP contribution in [0.4, 0.5) is 4.39 Å². The number of halogens is 1. The standard InChI is InChI=1S/C19H19FN4O/c1-3-23(4-2)19(25)17-12-18(14-6-5-11-21-13-14)24(22-17)16-9-7-15(20)8-10-16/h5-13H,3-4H2,1-2H3. The van der Waals surface area contributed by atoms with Crippen molar-refractivity contribution in [3.05, 3.63) is 66.4 Å². The van der Waals surface area contributed by atoms with Crippen molar-refractivity contribution >= 4 is 5.91 Å². The molecule has 0 unspecified atom stereocenters. The lowest BCUT2D eigenvalue weighted by molar-refractivity contribution is 0.0766. The van der Waals surface area contributed by atoms with E-state index in [4.69, 9.17) is 0 Å². The maximum Gasteiger partial charge on any atom is 0.274 e. The van der Waals surface area contributed by atoms with Crippen LogP contribution >= 0.6 is 0 Å². The van der Waals surface area contributed by atoms with E-state index in [0.717, 1.165) is 11.3 Å². The number of hydrogen-bond donors (Lipinski definition) is 0. The minimum Gasteiger partial charge on any atom is -0.338 e. The summed E-state index contributed by atoms with van der Waals surface area (Å²) in [7, 11) is 0. The highest BCUT2D eigenvalue weighted by molar-refractivity contribution is 5.93. The zero-order chi connectivity index (χ0) is 17.8. The van der Waals surface area contributed by atoms with Gasteiger partial charge in [-0.3, -0.25) is 9.78 Å². The van der Waals surface area contributed by atoms with Crippen LogP contribution in [0.15, 0.2) is 54.9 Å². The highest BCUT2D eigenvalue weighted by atomic mass is 19.1. The number of rotatable bonds is 5. The number of pyridine rings is 1. The normalized spacial score (nSPS) is 10.7. The predicted octanol–water partition coefficient (Wildman–Crippen LogP) is 3.56. The molecule has 0 saturated carbocycles. The molecule has 1 amide bonds. The van der Waals surface area contributed by atoms with Gasteiger partial charge in [-0.2, -0.15) is 5.10 Å². The average Bonchev–Trinajstić information content (AvgIpc) is 3.09. The van der Waals surface area contributed by atoms with Gasteiger partial charge < -0.3 is 4.90 Å². The molecular weight excluding hydrogens is 319 g/mol. The molecule has 0 spiro atoms. The van der Waals surface area contributed by atoms with Gasteiger partial charge in [-0.15, -0.1) is 0 Å². The van der Waals surface area contributed by atoms with E-state index in [1.807, 2.05) is 26.0 Å². The largest absolute Gasteiger partial charge is 0.338 e. The lowest BCUT2D eigenvalue weighted by Crippen LogP contribution is -2.30. The number of aromatic nitrogens is 3. The first-order valence-corrected chi connectivity index (χ1v) is 8.19. The lowest BCUT2D eigenvalue weighted by Gasteiger charge is -2.16. The van der Waals surface area contributed by atoms with Crippen LogP contribution in [-0.4, -0.2) is 38.7 Å². The van der Waals surface area contributed by atoms with Crippen molar-refractivity contribution in [2.45, 2.75) is 13.8 Å². The van der Waals surface area contributed by atoms with Gasteiger partial charge in [0.2, 0.25) is 0 Å². The third kappa shape index (κ3) is 3.42. The molecule has 0 aliphatic carbocycles. The maximum absolute atomic E-state index is 13.3. The fraction of sp³-hybridized carbons (Fsp3) is 0.211. The van der Waals surface area contributed by atoms with Gasteiger partial charge in [0.15, 0.2) is 5.69 Å². The molecule has 0 fully saturated rings. The summed E-state index contributed by atoms with van der Waals surface area (Å²) in [5, 5.41) is 4.48. The molecule has 0 saturated heterocycles. The minimum absolute atomic E-state index is 0.129. The number of amides is 1. The van der Waals surface area contributed by atoms with E-state index in [2.05, 4.69) is 10.1 Å². The molecule has 0 bridgehead atoms. The fourth-order valence-corrected chi connectivity index (χ4v) is 2.66. The minimum atomic E-state index is -0.321.